The molecule has 0 saturated carbocycles. The second kappa shape index (κ2) is 9.70. The first-order chi connectivity index (χ1) is 13.7. The molecular weight excluding hydrogens is 379 g/mol. The van der Waals surface area contributed by atoms with E-state index in [1.807, 2.05) is 12.1 Å². The predicted octanol–water partition coefficient (Wildman–Crippen LogP) is 3.97. The summed E-state index contributed by atoms with van der Waals surface area (Å²) in [5, 5.41) is 6.45. The summed E-state index contributed by atoms with van der Waals surface area (Å²) in [4.78, 5) is 20.8. The quantitative estimate of drug-likeness (QED) is 0.559. The van der Waals surface area contributed by atoms with Gasteiger partial charge in [0.15, 0.2) is 5.82 Å². The third-order valence-corrected chi connectivity index (χ3v) is 4.77. The Morgan fingerprint density at radius 3 is 2.68 bits per heavy atom. The number of halogens is 1. The fourth-order valence-electron chi connectivity index (χ4n) is 2.44. The number of ether oxygens (including phenoxy) is 1. The zero-order valence-electron chi connectivity index (χ0n) is 15.2. The van der Waals surface area contributed by atoms with E-state index in [0.717, 1.165) is 0 Å². The van der Waals surface area contributed by atoms with Crippen molar-refractivity contribution in [1.82, 2.24) is 9.97 Å². The first-order valence-electron chi connectivity index (χ1n) is 8.51. The van der Waals surface area contributed by atoms with Crippen LogP contribution in [0.2, 0.25) is 0 Å². The number of hydrogen-bond donors (Lipinski definition) is 2. The molecule has 0 radical (unpaired) electrons. The molecule has 0 atom stereocenters. The van der Waals surface area contributed by atoms with E-state index in [4.69, 9.17) is 4.74 Å². The minimum absolute atomic E-state index is 0.144. The molecule has 1 aromatic heterocycles. The number of amides is 1. The predicted molar refractivity (Wildman–Crippen MR) is 108 cm³/mol. The minimum atomic E-state index is -0.288. The van der Waals surface area contributed by atoms with Crippen molar-refractivity contribution in [2.24, 2.45) is 0 Å². The van der Waals surface area contributed by atoms with Gasteiger partial charge in [0.05, 0.1) is 18.6 Å². The molecule has 8 heteroatoms. The molecule has 144 valence electrons. The number of anilines is 2. The van der Waals surface area contributed by atoms with Gasteiger partial charge in [0, 0.05) is 24.5 Å². The molecule has 0 unspecified atom stereocenters. The first kappa shape index (κ1) is 19.6. The molecule has 28 heavy (non-hydrogen) atoms. The summed E-state index contributed by atoms with van der Waals surface area (Å²) in [5.74, 6) is 0.753. The second-order valence-corrected chi connectivity index (χ2v) is 6.66. The zero-order chi connectivity index (χ0) is 19.8. The van der Waals surface area contributed by atoms with Gasteiger partial charge < -0.3 is 15.4 Å². The van der Waals surface area contributed by atoms with Crippen molar-refractivity contribution in [3.63, 3.8) is 0 Å². The van der Waals surface area contributed by atoms with E-state index in [1.165, 1.54) is 17.8 Å². The lowest BCUT2D eigenvalue weighted by Gasteiger charge is -2.11. The van der Waals surface area contributed by atoms with Crippen LogP contribution in [0, 0.1) is 5.82 Å². The molecule has 0 saturated heterocycles. The molecule has 0 bridgehead atoms. The van der Waals surface area contributed by atoms with Crippen molar-refractivity contribution < 1.29 is 13.9 Å². The Kier molecular flexibility index (Phi) is 6.80. The van der Waals surface area contributed by atoms with Crippen LogP contribution in [0.15, 0.2) is 66.0 Å². The molecule has 2 N–H and O–H groups in total. The molecule has 6 nitrogen and oxygen atoms in total. The molecule has 0 aliphatic carbocycles. The maximum Gasteiger partial charge on any atom is 0.234 e. The molecule has 0 aliphatic heterocycles. The summed E-state index contributed by atoms with van der Waals surface area (Å²) in [6, 6.07) is 13.7. The van der Waals surface area contributed by atoms with Crippen LogP contribution in [0.4, 0.5) is 15.9 Å². The van der Waals surface area contributed by atoms with E-state index >= 15 is 0 Å². The highest BCUT2D eigenvalue weighted by atomic mass is 32.2. The zero-order valence-corrected chi connectivity index (χ0v) is 16.0. The lowest BCUT2D eigenvalue weighted by atomic mass is 10.2. The van der Waals surface area contributed by atoms with Crippen molar-refractivity contribution in [3.8, 4) is 5.75 Å². The molecule has 0 fully saturated rings. The normalized spacial score (nSPS) is 10.4. The van der Waals surface area contributed by atoms with E-state index < -0.39 is 0 Å². The number of nitrogens with zero attached hydrogens (tertiary/aromatic N) is 2. The van der Waals surface area contributed by atoms with Gasteiger partial charge >= 0.3 is 0 Å². The maximum atomic E-state index is 13.8. The fraction of sp³-hybridized carbons (Fsp3) is 0.150. The van der Waals surface area contributed by atoms with Crippen LogP contribution in [0.1, 0.15) is 5.56 Å². The van der Waals surface area contributed by atoms with Crippen LogP contribution >= 0.6 is 11.8 Å². The summed E-state index contributed by atoms with van der Waals surface area (Å²) in [6.45, 7) is 0.270. The Morgan fingerprint density at radius 2 is 1.86 bits per heavy atom. The molecule has 2 aromatic carbocycles. The van der Waals surface area contributed by atoms with Crippen molar-refractivity contribution in [3.05, 3.63) is 72.3 Å². The maximum absolute atomic E-state index is 13.8. The minimum Gasteiger partial charge on any atom is -0.495 e. The van der Waals surface area contributed by atoms with Gasteiger partial charge in [-0.2, -0.15) is 0 Å². The average Bonchev–Trinajstić information content (AvgIpc) is 2.72. The number of methoxy groups -OCH3 is 1. The summed E-state index contributed by atoms with van der Waals surface area (Å²) in [5.41, 5.74) is 1.13. The van der Waals surface area contributed by atoms with Crippen LogP contribution in [0.25, 0.3) is 0 Å². The van der Waals surface area contributed by atoms with E-state index in [2.05, 4.69) is 20.6 Å². The van der Waals surface area contributed by atoms with Crippen LogP contribution in [0.5, 0.6) is 5.75 Å². The highest BCUT2D eigenvalue weighted by molar-refractivity contribution is 8.00. The van der Waals surface area contributed by atoms with Gasteiger partial charge in [-0.15, -0.1) is 0 Å². The SMILES string of the molecule is COc1ccccc1NC(=O)CSc1nccnc1NCc1ccccc1F. The standard InChI is InChI=1S/C20H19FN4O2S/c1-27-17-9-5-4-8-16(17)25-18(26)13-28-20-19(22-10-11-23-20)24-12-14-6-2-3-7-15(14)21/h2-11H,12-13H2,1H3,(H,22,24)(H,25,26). The molecule has 0 spiro atoms. The van der Waals surface area contributed by atoms with E-state index in [1.54, 1.807) is 49.8 Å². The van der Waals surface area contributed by atoms with Gasteiger partial charge in [-0.3, -0.25) is 4.79 Å². The van der Waals surface area contributed by atoms with Gasteiger partial charge in [-0.1, -0.05) is 42.1 Å². The Hall–Kier alpha value is -3.13. The second-order valence-electron chi connectivity index (χ2n) is 5.69. The largest absolute Gasteiger partial charge is 0.495 e. The smallest absolute Gasteiger partial charge is 0.234 e. The van der Waals surface area contributed by atoms with Gasteiger partial charge in [0.25, 0.3) is 0 Å². The van der Waals surface area contributed by atoms with Crippen molar-refractivity contribution >= 4 is 29.2 Å². The van der Waals surface area contributed by atoms with E-state index in [0.29, 0.717) is 27.8 Å². The molecule has 3 aromatic rings. The number of nitrogens with one attached hydrogen (secondary N) is 2. The third kappa shape index (κ3) is 5.20. The monoisotopic (exact) mass is 398 g/mol. The highest BCUT2D eigenvalue weighted by Crippen LogP contribution is 2.26. The van der Waals surface area contributed by atoms with E-state index in [-0.39, 0.29) is 24.0 Å². The Labute approximate surface area is 166 Å². The number of rotatable bonds is 8. The summed E-state index contributed by atoms with van der Waals surface area (Å²) in [6.07, 6.45) is 3.09. The Bertz CT molecular complexity index is 955. The summed E-state index contributed by atoms with van der Waals surface area (Å²) in [7, 11) is 1.55. The molecular formula is C20H19FN4O2S. The summed E-state index contributed by atoms with van der Waals surface area (Å²) >= 11 is 1.24. The van der Waals surface area contributed by atoms with Crippen LogP contribution < -0.4 is 15.4 Å². The molecule has 3 rings (SSSR count). The first-order valence-corrected chi connectivity index (χ1v) is 9.50. The number of para-hydroxylation sites is 2. The van der Waals surface area contributed by atoms with Gasteiger partial charge in [-0.25, -0.2) is 14.4 Å². The van der Waals surface area contributed by atoms with Crippen molar-refractivity contribution in [2.45, 2.75) is 11.6 Å². The number of carbonyl (C=O) groups excluding carboxylic acids is 1. The van der Waals surface area contributed by atoms with Crippen LogP contribution in [-0.2, 0) is 11.3 Å². The van der Waals surface area contributed by atoms with Crippen molar-refractivity contribution in [1.29, 1.82) is 0 Å². The number of aromatic nitrogens is 2. The third-order valence-electron chi connectivity index (χ3n) is 3.79. The molecule has 0 aliphatic rings. The average molecular weight is 398 g/mol. The van der Waals surface area contributed by atoms with Gasteiger partial charge in [0.1, 0.15) is 16.6 Å². The lowest BCUT2D eigenvalue weighted by molar-refractivity contribution is -0.113. The number of hydrogen-bond acceptors (Lipinski definition) is 6. The summed E-state index contributed by atoms with van der Waals surface area (Å²) < 4.78 is 19.0. The van der Waals surface area contributed by atoms with E-state index in [9.17, 15) is 9.18 Å². The van der Waals surface area contributed by atoms with Gasteiger partial charge in [-0.05, 0) is 18.2 Å². The molecule has 1 amide bonds. The molecule has 1 heterocycles. The fourth-order valence-corrected chi connectivity index (χ4v) is 3.18. The number of thioether (sulfide) groups is 1. The van der Waals surface area contributed by atoms with Crippen molar-refractivity contribution in [2.75, 3.05) is 23.5 Å². The lowest BCUT2D eigenvalue weighted by Crippen LogP contribution is -2.15. The Balaban J connectivity index is 1.60. The van der Waals surface area contributed by atoms with Crippen LogP contribution in [0.3, 0.4) is 0 Å². The topological polar surface area (TPSA) is 76.1 Å². The Morgan fingerprint density at radius 1 is 1.11 bits per heavy atom. The number of benzene rings is 2. The highest BCUT2D eigenvalue weighted by Gasteiger charge is 2.11. The van der Waals surface area contributed by atoms with Crippen LogP contribution in [-0.4, -0.2) is 28.7 Å². The number of carbonyl (C=O) groups is 1. The van der Waals surface area contributed by atoms with Gasteiger partial charge in [0.2, 0.25) is 5.91 Å².